The maximum absolute atomic E-state index is 6.60. The fourth-order valence-corrected chi connectivity index (χ4v) is 12.6. The first-order valence-electron chi connectivity index (χ1n) is 19.5. The SMILES string of the molecule is C=Cc1c(/C=C\C)oc2cccc(N(c3cccc4c3-c3ccccc3C43C4CC5CC(C4)CC3C5)c3cccc4c3C(C)(C)c3ccccc3-4)c12. The number of hydrogen-bond donors (Lipinski definition) is 0. The Kier molecular flexibility index (Phi) is 6.30. The van der Waals surface area contributed by atoms with Gasteiger partial charge in [0.1, 0.15) is 11.3 Å². The maximum atomic E-state index is 6.60. The Labute approximate surface area is 307 Å². The molecule has 0 saturated heterocycles. The molecule has 0 unspecified atom stereocenters. The molecular weight excluding hydrogens is 631 g/mol. The summed E-state index contributed by atoms with van der Waals surface area (Å²) in [6.45, 7) is 11.2. The van der Waals surface area contributed by atoms with Crippen LogP contribution in [0.2, 0.25) is 0 Å². The van der Waals surface area contributed by atoms with Gasteiger partial charge in [0.2, 0.25) is 0 Å². The molecule has 2 nitrogen and oxygen atoms in total. The van der Waals surface area contributed by atoms with Crippen LogP contribution in [0.4, 0.5) is 17.1 Å². The van der Waals surface area contributed by atoms with Crippen LogP contribution < -0.4 is 4.90 Å². The summed E-state index contributed by atoms with van der Waals surface area (Å²) < 4.78 is 6.60. The second kappa shape index (κ2) is 10.7. The van der Waals surface area contributed by atoms with Crippen LogP contribution in [-0.4, -0.2) is 0 Å². The van der Waals surface area contributed by atoms with Crippen LogP contribution in [0.3, 0.4) is 0 Å². The molecular formula is C50H45NO. The van der Waals surface area contributed by atoms with Gasteiger partial charge in [-0.2, -0.15) is 0 Å². The molecule has 0 radical (unpaired) electrons. The third-order valence-electron chi connectivity index (χ3n) is 14.1. The van der Waals surface area contributed by atoms with E-state index in [1.54, 1.807) is 11.1 Å². The van der Waals surface area contributed by atoms with Gasteiger partial charge in [-0.3, -0.25) is 0 Å². The molecule has 2 heteroatoms. The zero-order valence-corrected chi connectivity index (χ0v) is 30.5. The highest BCUT2D eigenvalue weighted by atomic mass is 16.3. The normalized spacial score (nSPS) is 25.4. The van der Waals surface area contributed by atoms with Crippen molar-refractivity contribution in [3.8, 4) is 22.3 Å². The molecule has 4 saturated carbocycles. The minimum atomic E-state index is -0.194. The van der Waals surface area contributed by atoms with Crippen LogP contribution in [0.1, 0.15) is 86.5 Å². The highest BCUT2D eigenvalue weighted by molar-refractivity contribution is 6.07. The van der Waals surface area contributed by atoms with Gasteiger partial charge in [0.05, 0.1) is 22.4 Å². The fraction of sp³-hybridized carbons (Fsp3) is 0.280. The van der Waals surface area contributed by atoms with E-state index in [0.717, 1.165) is 39.8 Å². The molecule has 52 heavy (non-hydrogen) atoms. The zero-order chi connectivity index (χ0) is 34.9. The lowest BCUT2D eigenvalue weighted by Gasteiger charge is -2.61. The average molecular weight is 676 g/mol. The molecule has 6 aliphatic carbocycles. The van der Waals surface area contributed by atoms with E-state index in [-0.39, 0.29) is 10.8 Å². The van der Waals surface area contributed by atoms with E-state index in [1.165, 1.54) is 76.9 Å². The van der Waals surface area contributed by atoms with E-state index < -0.39 is 0 Å². The summed E-state index contributed by atoms with van der Waals surface area (Å²) in [7, 11) is 0. The molecule has 5 aromatic carbocycles. The van der Waals surface area contributed by atoms with Gasteiger partial charge in [-0.1, -0.05) is 111 Å². The molecule has 4 bridgehead atoms. The maximum Gasteiger partial charge on any atom is 0.137 e. The zero-order valence-electron chi connectivity index (χ0n) is 30.5. The van der Waals surface area contributed by atoms with Crippen molar-refractivity contribution < 1.29 is 4.42 Å². The molecule has 1 aromatic heterocycles. The van der Waals surface area contributed by atoms with E-state index in [4.69, 9.17) is 4.42 Å². The number of rotatable bonds is 5. The molecule has 256 valence electrons. The van der Waals surface area contributed by atoms with Crippen molar-refractivity contribution in [2.45, 2.75) is 63.7 Å². The van der Waals surface area contributed by atoms with Crippen LogP contribution in [0.5, 0.6) is 0 Å². The molecule has 1 spiro atoms. The second-order valence-electron chi connectivity index (χ2n) is 16.9. The first-order valence-corrected chi connectivity index (χ1v) is 19.5. The summed E-state index contributed by atoms with van der Waals surface area (Å²) in [6.07, 6.45) is 13.0. The summed E-state index contributed by atoms with van der Waals surface area (Å²) >= 11 is 0. The average Bonchev–Trinajstić information content (AvgIpc) is 3.75. The van der Waals surface area contributed by atoms with Gasteiger partial charge in [-0.25, -0.2) is 0 Å². The lowest BCUT2D eigenvalue weighted by molar-refractivity contribution is -0.0399. The minimum absolute atomic E-state index is 0.0855. The monoisotopic (exact) mass is 675 g/mol. The van der Waals surface area contributed by atoms with E-state index in [1.807, 2.05) is 13.0 Å². The summed E-state index contributed by atoms with van der Waals surface area (Å²) in [5, 5.41) is 1.10. The lowest BCUT2D eigenvalue weighted by atomic mass is 9.43. The number of nitrogens with zero attached hydrogens (tertiary/aromatic N) is 1. The Morgan fingerprint density at radius 3 is 2.02 bits per heavy atom. The van der Waals surface area contributed by atoms with Crippen molar-refractivity contribution in [1.29, 1.82) is 0 Å². The second-order valence-corrected chi connectivity index (χ2v) is 16.9. The summed E-state index contributed by atoms with van der Waals surface area (Å²) in [6, 6.07) is 39.4. The number of allylic oxidation sites excluding steroid dienone is 1. The van der Waals surface area contributed by atoms with Crippen LogP contribution >= 0.6 is 0 Å². The lowest BCUT2D eigenvalue weighted by Crippen LogP contribution is -2.55. The van der Waals surface area contributed by atoms with Gasteiger partial charge < -0.3 is 9.32 Å². The molecule has 12 rings (SSSR count). The highest BCUT2D eigenvalue weighted by Gasteiger charge is 2.62. The standard InChI is InChI=1S/C50H45NO/c1-5-14-44-34(6-2)47-42(22-13-24-45(47)52-44)51(43-23-11-17-36-35-15-7-9-18-38(35)49(3,4)48(36)43)41-21-12-20-40-46(41)37-16-8-10-19-39(37)50(40)32-26-30-25-31(28-32)29-33(50)27-30/h5-24,30-33H,2,25-29H2,1,3-4H3/b14-5-. The minimum Gasteiger partial charge on any atom is -0.456 e. The molecule has 1 heterocycles. The van der Waals surface area contributed by atoms with Crippen LogP contribution in [0, 0.1) is 23.7 Å². The Balaban J connectivity index is 1.25. The van der Waals surface area contributed by atoms with Gasteiger partial charge in [-0.15, -0.1) is 0 Å². The number of fused-ring (bicyclic) bond motifs is 7. The first kappa shape index (κ1) is 30.5. The van der Waals surface area contributed by atoms with Crippen molar-refractivity contribution in [3.05, 3.63) is 149 Å². The van der Waals surface area contributed by atoms with E-state index in [0.29, 0.717) is 11.8 Å². The van der Waals surface area contributed by atoms with Crippen molar-refractivity contribution in [2.24, 2.45) is 23.7 Å². The molecule has 0 aliphatic heterocycles. The van der Waals surface area contributed by atoms with Crippen molar-refractivity contribution in [3.63, 3.8) is 0 Å². The van der Waals surface area contributed by atoms with Crippen molar-refractivity contribution in [2.75, 3.05) is 4.90 Å². The van der Waals surface area contributed by atoms with Gasteiger partial charge in [0.15, 0.2) is 0 Å². The summed E-state index contributed by atoms with van der Waals surface area (Å²) in [4.78, 5) is 2.61. The van der Waals surface area contributed by atoms with E-state index in [9.17, 15) is 0 Å². The Morgan fingerprint density at radius 2 is 1.27 bits per heavy atom. The quantitative estimate of drug-likeness (QED) is 0.181. The number of hydrogen-bond acceptors (Lipinski definition) is 2. The van der Waals surface area contributed by atoms with Crippen molar-refractivity contribution >= 4 is 40.2 Å². The van der Waals surface area contributed by atoms with Gasteiger partial charge in [-0.05, 0) is 132 Å². The van der Waals surface area contributed by atoms with Crippen molar-refractivity contribution in [1.82, 2.24) is 0 Å². The third-order valence-corrected chi connectivity index (χ3v) is 14.1. The summed E-state index contributed by atoms with van der Waals surface area (Å²) in [5.41, 5.74) is 16.8. The molecule has 0 atom stereocenters. The van der Waals surface area contributed by atoms with Gasteiger partial charge >= 0.3 is 0 Å². The molecule has 0 amide bonds. The fourth-order valence-electron chi connectivity index (χ4n) is 12.6. The Bertz CT molecular complexity index is 2480. The van der Waals surface area contributed by atoms with Crippen LogP contribution in [-0.2, 0) is 10.8 Å². The van der Waals surface area contributed by atoms with E-state index >= 15 is 0 Å². The topological polar surface area (TPSA) is 16.4 Å². The predicted octanol–water partition coefficient (Wildman–Crippen LogP) is 13.6. The molecule has 6 aliphatic rings. The number of benzene rings is 5. The van der Waals surface area contributed by atoms with Crippen LogP contribution in [0.15, 0.2) is 120 Å². The van der Waals surface area contributed by atoms with Gasteiger partial charge in [0, 0.05) is 22.0 Å². The van der Waals surface area contributed by atoms with Gasteiger partial charge in [0.25, 0.3) is 0 Å². The molecule has 6 aromatic rings. The number of furan rings is 1. The van der Waals surface area contributed by atoms with Crippen LogP contribution in [0.25, 0.3) is 45.4 Å². The Hall–Kier alpha value is -5.08. The highest BCUT2D eigenvalue weighted by Crippen LogP contribution is 2.70. The molecule has 4 fully saturated rings. The summed E-state index contributed by atoms with van der Waals surface area (Å²) in [5.74, 6) is 4.07. The third kappa shape index (κ3) is 3.75. The smallest absolute Gasteiger partial charge is 0.137 e. The predicted molar refractivity (Wildman–Crippen MR) is 217 cm³/mol. The Morgan fingerprint density at radius 1 is 0.654 bits per heavy atom. The van der Waals surface area contributed by atoms with E-state index in [2.05, 4.69) is 141 Å². The molecule has 0 N–H and O–H groups in total. The number of anilines is 3. The largest absolute Gasteiger partial charge is 0.456 e. The first-order chi connectivity index (χ1) is 25.4.